The molecule has 1 aliphatic carbocycles. The molecule has 0 bridgehead atoms. The molecule has 2 atom stereocenters. The van der Waals surface area contributed by atoms with Gasteiger partial charge in [0.25, 0.3) is 0 Å². The molecule has 7 nitrogen and oxygen atoms in total. The molecule has 5 rings (SSSR count). The third-order valence-electron chi connectivity index (χ3n) is 7.34. The van der Waals surface area contributed by atoms with E-state index in [1.165, 1.54) is 23.8 Å². The number of carbonyl (C=O) groups is 1. The fourth-order valence-corrected chi connectivity index (χ4v) is 5.76. The number of hydrogen-bond acceptors (Lipinski definition) is 6. The molecule has 3 aromatic rings. The van der Waals surface area contributed by atoms with Gasteiger partial charge in [-0.1, -0.05) is 13.0 Å². The highest BCUT2D eigenvalue weighted by Crippen LogP contribution is 2.38. The monoisotopic (exact) mass is 567 g/mol. The van der Waals surface area contributed by atoms with E-state index >= 15 is 0 Å². The number of anilines is 2. The Labute approximate surface area is 238 Å². The van der Waals surface area contributed by atoms with Crippen molar-refractivity contribution in [2.45, 2.75) is 71.6 Å². The first-order chi connectivity index (χ1) is 19.5. The molecule has 0 radical (unpaired) electrons. The summed E-state index contributed by atoms with van der Waals surface area (Å²) in [5.74, 6) is -2.23. The van der Waals surface area contributed by atoms with E-state index in [-0.39, 0.29) is 18.3 Å². The van der Waals surface area contributed by atoms with Crippen LogP contribution in [0.15, 0.2) is 36.5 Å². The Morgan fingerprint density at radius 1 is 1.07 bits per heavy atom. The van der Waals surface area contributed by atoms with Crippen LogP contribution in [0.3, 0.4) is 0 Å². The minimum absolute atomic E-state index is 0.0938. The number of aromatic nitrogens is 2. The number of nitrogens with one attached hydrogen (secondary N) is 2. The molecule has 3 heterocycles. The van der Waals surface area contributed by atoms with Gasteiger partial charge in [-0.15, -0.1) is 0 Å². The summed E-state index contributed by atoms with van der Waals surface area (Å²) in [4.78, 5) is 23.8. The summed E-state index contributed by atoms with van der Waals surface area (Å²) < 4.78 is 48.9. The highest BCUT2D eigenvalue weighted by atomic mass is 19.1. The molecule has 0 saturated carbocycles. The van der Waals surface area contributed by atoms with Gasteiger partial charge in [0.15, 0.2) is 0 Å². The number of carbonyl (C=O) groups excluding carboxylic acids is 1. The smallest absolute Gasteiger partial charge is 0.407 e. The minimum atomic E-state index is -0.875. The van der Waals surface area contributed by atoms with Crippen molar-refractivity contribution in [2.75, 3.05) is 23.3 Å². The summed E-state index contributed by atoms with van der Waals surface area (Å²) in [6.45, 7) is 9.30. The third kappa shape index (κ3) is 6.57. The quantitative estimate of drug-likeness (QED) is 0.359. The number of alkyl carbamates (subject to hydrolysis) is 1. The molecule has 2 N–H and O–H groups in total. The van der Waals surface area contributed by atoms with E-state index in [2.05, 4.69) is 27.4 Å². The van der Waals surface area contributed by atoms with Crippen LogP contribution >= 0.6 is 0 Å². The van der Waals surface area contributed by atoms with Crippen LogP contribution in [0.4, 0.5) is 29.3 Å². The van der Waals surface area contributed by atoms with Crippen LogP contribution < -0.4 is 15.5 Å². The molecule has 10 heteroatoms. The van der Waals surface area contributed by atoms with Crippen molar-refractivity contribution in [3.63, 3.8) is 0 Å². The first kappa shape index (κ1) is 28.7. The summed E-state index contributed by atoms with van der Waals surface area (Å²) in [5.41, 5.74) is 3.06. The van der Waals surface area contributed by atoms with Crippen molar-refractivity contribution in [3.8, 4) is 11.3 Å². The minimum Gasteiger partial charge on any atom is -0.444 e. The summed E-state index contributed by atoms with van der Waals surface area (Å²) in [5, 5.41) is 6.44. The zero-order valence-corrected chi connectivity index (χ0v) is 23.9. The molecule has 0 spiro atoms. The van der Waals surface area contributed by atoms with Gasteiger partial charge in [0.05, 0.1) is 35.4 Å². The second kappa shape index (κ2) is 11.6. The molecule has 0 unspecified atom stereocenters. The van der Waals surface area contributed by atoms with Crippen LogP contribution in [0.1, 0.15) is 57.5 Å². The predicted molar refractivity (Wildman–Crippen MR) is 152 cm³/mol. The zero-order chi connectivity index (χ0) is 29.3. The number of ether oxygens (including phenoxy) is 1. The average Bonchev–Trinajstić information content (AvgIpc) is 3.36. The van der Waals surface area contributed by atoms with Gasteiger partial charge < -0.3 is 20.3 Å². The maximum absolute atomic E-state index is 14.6. The Balaban J connectivity index is 1.40. The van der Waals surface area contributed by atoms with Crippen molar-refractivity contribution in [1.29, 1.82) is 0 Å². The van der Waals surface area contributed by atoms with Crippen molar-refractivity contribution in [1.82, 2.24) is 15.3 Å². The molecular weight excluding hydrogens is 531 g/mol. The Bertz CT molecular complexity index is 1420. The van der Waals surface area contributed by atoms with Gasteiger partial charge in [-0.2, -0.15) is 0 Å². The Morgan fingerprint density at radius 2 is 1.83 bits per heavy atom. The topological polar surface area (TPSA) is 79.4 Å². The first-order valence-electron chi connectivity index (χ1n) is 14.1. The van der Waals surface area contributed by atoms with E-state index in [1.807, 2.05) is 20.8 Å². The highest BCUT2D eigenvalue weighted by Gasteiger charge is 2.32. The number of benzene rings is 1. The normalized spacial score (nSPS) is 18.7. The van der Waals surface area contributed by atoms with E-state index in [4.69, 9.17) is 9.72 Å². The van der Waals surface area contributed by atoms with Crippen LogP contribution in [0, 0.1) is 23.4 Å². The molecule has 1 amide bonds. The number of nitrogens with zero attached hydrogens (tertiary/aromatic N) is 3. The second-order valence-corrected chi connectivity index (χ2v) is 12.0. The SMILES string of the molecule is C[C@@H]1C[C@H](NC(=O)OC(C)(C)C)CN(c2c(NCc3ccc(F)c(-c4c(F)cccc4F)n3)cnc3c2CCC3)C1. The van der Waals surface area contributed by atoms with Gasteiger partial charge in [0.1, 0.15) is 28.7 Å². The number of halogens is 3. The Hall–Kier alpha value is -3.82. The summed E-state index contributed by atoms with van der Waals surface area (Å²) >= 11 is 0. The van der Waals surface area contributed by atoms with Crippen LogP contribution in [-0.2, 0) is 24.1 Å². The first-order valence-corrected chi connectivity index (χ1v) is 14.1. The Morgan fingerprint density at radius 3 is 2.56 bits per heavy atom. The van der Waals surface area contributed by atoms with Gasteiger partial charge in [-0.3, -0.25) is 4.98 Å². The average molecular weight is 568 g/mol. The van der Waals surface area contributed by atoms with Crippen molar-refractivity contribution in [3.05, 3.63) is 70.9 Å². The van der Waals surface area contributed by atoms with Crippen LogP contribution in [-0.4, -0.2) is 40.8 Å². The van der Waals surface area contributed by atoms with E-state index in [0.29, 0.717) is 18.2 Å². The number of hydrogen-bond donors (Lipinski definition) is 2. The fourth-order valence-electron chi connectivity index (χ4n) is 5.76. The largest absolute Gasteiger partial charge is 0.444 e. The maximum Gasteiger partial charge on any atom is 0.407 e. The number of fused-ring (bicyclic) bond motifs is 1. The molecule has 1 fully saturated rings. The predicted octanol–water partition coefficient (Wildman–Crippen LogP) is 6.40. The standard InChI is InChI=1S/C31H36F3N5O2/c1-18-13-20(38-30(40)41-31(2,3)4)17-39(16-18)29-21-7-5-10-25(21)36-15-26(29)35-14-19-11-12-24(34)28(37-19)27-22(32)8-6-9-23(27)33/h6,8-9,11-12,15,18,20,35H,5,7,10,13-14,16-17H2,1-4H3,(H,38,40)/t18-,20+/m1/s1. The number of piperidine rings is 1. The van der Waals surface area contributed by atoms with Crippen molar-refractivity contribution >= 4 is 17.5 Å². The van der Waals surface area contributed by atoms with Crippen LogP contribution in [0.25, 0.3) is 11.3 Å². The molecule has 1 aromatic carbocycles. The molecule has 1 saturated heterocycles. The number of aryl methyl sites for hydroxylation is 1. The number of rotatable bonds is 6. The van der Waals surface area contributed by atoms with Crippen molar-refractivity contribution < 1.29 is 22.7 Å². The summed E-state index contributed by atoms with van der Waals surface area (Å²) in [6, 6.07) is 5.97. The highest BCUT2D eigenvalue weighted by molar-refractivity contribution is 5.75. The van der Waals surface area contributed by atoms with E-state index in [9.17, 15) is 18.0 Å². The lowest BCUT2D eigenvalue weighted by Crippen LogP contribution is -2.51. The lowest BCUT2D eigenvalue weighted by atomic mass is 9.94. The molecule has 1 aliphatic heterocycles. The van der Waals surface area contributed by atoms with Gasteiger partial charge in [-0.25, -0.2) is 22.9 Å². The molecule has 218 valence electrons. The zero-order valence-electron chi connectivity index (χ0n) is 23.9. The van der Waals surface area contributed by atoms with E-state index in [0.717, 1.165) is 61.4 Å². The fraction of sp³-hybridized carbons (Fsp3) is 0.452. The summed E-state index contributed by atoms with van der Waals surface area (Å²) in [7, 11) is 0. The van der Waals surface area contributed by atoms with E-state index < -0.39 is 34.7 Å². The van der Waals surface area contributed by atoms with Gasteiger partial charge in [0, 0.05) is 24.8 Å². The molecular formula is C31H36F3N5O2. The van der Waals surface area contributed by atoms with Crippen molar-refractivity contribution in [2.24, 2.45) is 5.92 Å². The number of amides is 1. The van der Waals surface area contributed by atoms with Crippen LogP contribution in [0.2, 0.25) is 0 Å². The third-order valence-corrected chi connectivity index (χ3v) is 7.34. The van der Waals surface area contributed by atoms with Gasteiger partial charge in [0.2, 0.25) is 0 Å². The van der Waals surface area contributed by atoms with Gasteiger partial charge in [-0.05, 0) is 82.2 Å². The summed E-state index contributed by atoms with van der Waals surface area (Å²) in [6.07, 6.45) is 5.02. The Kier molecular flexibility index (Phi) is 8.11. The van der Waals surface area contributed by atoms with E-state index in [1.54, 1.807) is 6.20 Å². The second-order valence-electron chi connectivity index (χ2n) is 12.0. The lowest BCUT2D eigenvalue weighted by molar-refractivity contribution is 0.0495. The lowest BCUT2D eigenvalue weighted by Gasteiger charge is -2.40. The van der Waals surface area contributed by atoms with Gasteiger partial charge >= 0.3 is 6.09 Å². The molecule has 2 aromatic heterocycles. The van der Waals surface area contributed by atoms with Crippen LogP contribution in [0.5, 0.6) is 0 Å². The maximum atomic E-state index is 14.6. The molecule has 2 aliphatic rings. The number of pyridine rings is 2. The molecule has 41 heavy (non-hydrogen) atoms.